The number of carbonyl (C=O) groups is 2. The smallest absolute Gasteiger partial charge is 0.407 e. The van der Waals surface area contributed by atoms with Crippen LogP contribution in [0.1, 0.15) is 67.6 Å². The number of alkyl carbamates (subject to hydrolysis) is 1. The molecular weight excluding hydrogens is 573 g/mol. The Morgan fingerprint density at radius 3 is 1.95 bits per heavy atom. The Labute approximate surface area is 258 Å². The summed E-state index contributed by atoms with van der Waals surface area (Å²) in [5, 5.41) is 12.6. The maximum absolute atomic E-state index is 15.1. The van der Waals surface area contributed by atoms with Gasteiger partial charge in [-0.15, -0.1) is 0 Å². The lowest BCUT2D eigenvalue weighted by atomic mass is 9.54. The molecule has 4 bridgehead atoms. The van der Waals surface area contributed by atoms with Crippen molar-refractivity contribution in [3.05, 3.63) is 95.6 Å². The van der Waals surface area contributed by atoms with E-state index in [0.29, 0.717) is 17.8 Å². The molecule has 2 unspecified atom stereocenters. The van der Waals surface area contributed by atoms with Crippen LogP contribution in [0.4, 0.5) is 4.79 Å². The molecule has 3 aromatic rings. The first kappa shape index (κ1) is 29.3. The Morgan fingerprint density at radius 2 is 1.39 bits per heavy atom. The van der Waals surface area contributed by atoms with Crippen LogP contribution < -0.4 is 5.32 Å². The molecule has 5 aliphatic carbocycles. The summed E-state index contributed by atoms with van der Waals surface area (Å²) < 4.78 is 27.8. The van der Waals surface area contributed by atoms with Gasteiger partial charge in [-0.05, 0) is 84.1 Å². The van der Waals surface area contributed by atoms with Crippen LogP contribution in [0.3, 0.4) is 0 Å². The molecule has 0 heterocycles. The van der Waals surface area contributed by atoms with Crippen LogP contribution in [0, 0.1) is 17.8 Å². The average Bonchev–Trinajstić information content (AvgIpc) is 3.32. The largest absolute Gasteiger partial charge is 0.481 e. The van der Waals surface area contributed by atoms with Crippen molar-refractivity contribution >= 4 is 19.4 Å². The molecule has 8 rings (SSSR count). The number of fused-ring (bicyclic) bond motifs is 3. The van der Waals surface area contributed by atoms with Gasteiger partial charge in [0, 0.05) is 18.5 Å². The highest BCUT2D eigenvalue weighted by molar-refractivity contribution is 7.59. The van der Waals surface area contributed by atoms with Crippen molar-refractivity contribution in [2.45, 2.75) is 68.7 Å². The van der Waals surface area contributed by atoms with Gasteiger partial charge in [0.15, 0.2) is 0 Å². The summed E-state index contributed by atoms with van der Waals surface area (Å²) in [7, 11) is -3.70. The van der Waals surface area contributed by atoms with Gasteiger partial charge in [0.1, 0.15) is 12.4 Å². The van der Waals surface area contributed by atoms with E-state index in [0.717, 1.165) is 47.1 Å². The lowest BCUT2D eigenvalue weighted by Crippen LogP contribution is -2.52. The summed E-state index contributed by atoms with van der Waals surface area (Å²) in [4.78, 5) is 25.3. The second kappa shape index (κ2) is 11.8. The van der Waals surface area contributed by atoms with Crippen LogP contribution in [-0.4, -0.2) is 41.3 Å². The predicted octanol–water partition coefficient (Wildman–Crippen LogP) is 7.83. The minimum atomic E-state index is -3.70. The van der Waals surface area contributed by atoms with Gasteiger partial charge in [-0.3, -0.25) is 9.36 Å². The van der Waals surface area contributed by atoms with Crippen molar-refractivity contribution in [3.8, 4) is 11.1 Å². The highest BCUT2D eigenvalue weighted by Crippen LogP contribution is 2.64. The van der Waals surface area contributed by atoms with Crippen LogP contribution in [0.5, 0.6) is 0 Å². The molecule has 2 atom stereocenters. The van der Waals surface area contributed by atoms with Crippen LogP contribution in [0.25, 0.3) is 11.1 Å². The van der Waals surface area contributed by atoms with E-state index in [2.05, 4.69) is 29.6 Å². The van der Waals surface area contributed by atoms with Gasteiger partial charge in [-0.1, -0.05) is 78.9 Å². The molecule has 4 fully saturated rings. The number of amides is 1. The van der Waals surface area contributed by atoms with E-state index in [-0.39, 0.29) is 31.5 Å². The van der Waals surface area contributed by atoms with Crippen molar-refractivity contribution in [2.75, 3.05) is 12.8 Å². The number of carboxylic acids is 1. The highest BCUT2D eigenvalue weighted by Gasteiger charge is 2.55. The normalized spacial score (nSPS) is 26.8. The second-order valence-electron chi connectivity index (χ2n) is 13.5. The standard InChI is InChI=1S/C36H40NO6P/c38-34(39)14-15-44(41,43-36-20-25-16-26(21-36)18-27(17-25)22-36)33(19-24-8-2-1-3-9-24)37-35(40)42-23-32-30-12-6-4-10-28(30)29-11-5-7-13-31(29)32/h1-13,25-27,32-33H,14-23H2,(H,37,40)(H,38,39). The molecule has 230 valence electrons. The van der Waals surface area contributed by atoms with E-state index < -0.39 is 30.8 Å². The SMILES string of the molecule is O=C(O)CCP(=O)(OC12CC3CC(CC(C3)C1)C2)C(Cc1ccccc1)NC(=O)OCC1c2ccccc2-c2ccccc21. The third-order valence-corrected chi connectivity index (χ3v) is 13.1. The lowest BCUT2D eigenvalue weighted by Gasteiger charge is -2.57. The van der Waals surface area contributed by atoms with E-state index in [9.17, 15) is 14.7 Å². The number of carbonyl (C=O) groups excluding carboxylic acids is 1. The summed E-state index contributed by atoms with van der Waals surface area (Å²) in [6.07, 6.45) is 5.35. The summed E-state index contributed by atoms with van der Waals surface area (Å²) in [5.41, 5.74) is 4.88. The summed E-state index contributed by atoms with van der Waals surface area (Å²) in [5.74, 6) is -0.347. The number of hydrogen-bond donors (Lipinski definition) is 2. The first-order chi connectivity index (χ1) is 21.3. The first-order valence-electron chi connectivity index (χ1n) is 16.0. The molecule has 0 spiro atoms. The molecule has 5 aliphatic rings. The number of ether oxygens (including phenoxy) is 1. The fourth-order valence-corrected chi connectivity index (χ4v) is 11.6. The van der Waals surface area contributed by atoms with Crippen molar-refractivity contribution in [1.29, 1.82) is 0 Å². The van der Waals surface area contributed by atoms with Crippen LogP contribution >= 0.6 is 7.37 Å². The number of nitrogens with one attached hydrogen (secondary N) is 1. The number of hydrogen-bond acceptors (Lipinski definition) is 5. The molecule has 0 aliphatic heterocycles. The Balaban J connectivity index is 1.14. The summed E-state index contributed by atoms with van der Waals surface area (Å²) in [6, 6.07) is 25.9. The molecule has 7 nitrogen and oxygen atoms in total. The minimum absolute atomic E-state index is 0.109. The number of carboxylic acid groups (broad SMARTS) is 1. The maximum atomic E-state index is 15.1. The van der Waals surface area contributed by atoms with Gasteiger partial charge in [0.2, 0.25) is 7.37 Å². The van der Waals surface area contributed by atoms with Crippen molar-refractivity contribution in [1.82, 2.24) is 5.32 Å². The molecule has 2 N–H and O–H groups in total. The second-order valence-corrected chi connectivity index (χ2v) is 16.2. The monoisotopic (exact) mass is 613 g/mol. The van der Waals surface area contributed by atoms with E-state index >= 15 is 4.57 Å². The number of rotatable bonds is 11. The topological polar surface area (TPSA) is 102 Å². The fourth-order valence-electron chi connectivity index (χ4n) is 8.89. The average molecular weight is 614 g/mol. The lowest BCUT2D eigenvalue weighted by molar-refractivity contribution is -0.136. The third kappa shape index (κ3) is 5.84. The zero-order chi connectivity index (χ0) is 30.3. The molecule has 44 heavy (non-hydrogen) atoms. The Bertz CT molecular complexity index is 1510. The van der Waals surface area contributed by atoms with Gasteiger partial charge in [-0.2, -0.15) is 0 Å². The quantitative estimate of drug-likeness (QED) is 0.214. The van der Waals surface area contributed by atoms with Gasteiger partial charge >= 0.3 is 12.1 Å². The fraction of sp³-hybridized carbons (Fsp3) is 0.444. The van der Waals surface area contributed by atoms with Crippen LogP contribution in [0.15, 0.2) is 78.9 Å². The highest BCUT2D eigenvalue weighted by atomic mass is 31.2. The Morgan fingerprint density at radius 1 is 0.841 bits per heavy atom. The molecule has 3 aromatic carbocycles. The number of aliphatic carboxylic acids is 1. The molecule has 8 heteroatoms. The Hall–Kier alpha value is -3.41. The van der Waals surface area contributed by atoms with Gasteiger partial charge in [0.25, 0.3) is 0 Å². The van der Waals surface area contributed by atoms with E-state index in [1.807, 2.05) is 54.6 Å². The molecular formula is C36H40NO6P. The zero-order valence-electron chi connectivity index (χ0n) is 24.9. The summed E-state index contributed by atoms with van der Waals surface area (Å²) >= 11 is 0. The molecule has 0 radical (unpaired) electrons. The van der Waals surface area contributed by atoms with E-state index in [1.165, 1.54) is 19.3 Å². The maximum Gasteiger partial charge on any atom is 0.407 e. The van der Waals surface area contributed by atoms with Gasteiger partial charge in [-0.25, -0.2) is 4.79 Å². The van der Waals surface area contributed by atoms with Crippen LogP contribution in [-0.2, 0) is 25.0 Å². The first-order valence-corrected chi connectivity index (χ1v) is 17.8. The molecule has 0 aromatic heterocycles. The zero-order valence-corrected chi connectivity index (χ0v) is 25.8. The van der Waals surface area contributed by atoms with E-state index in [1.54, 1.807) is 0 Å². The Kier molecular flexibility index (Phi) is 7.88. The molecule has 0 saturated heterocycles. The predicted molar refractivity (Wildman–Crippen MR) is 169 cm³/mol. The third-order valence-electron chi connectivity index (χ3n) is 10.3. The number of benzene rings is 3. The van der Waals surface area contributed by atoms with Crippen molar-refractivity contribution in [2.24, 2.45) is 17.8 Å². The van der Waals surface area contributed by atoms with Crippen molar-refractivity contribution < 1.29 is 28.5 Å². The van der Waals surface area contributed by atoms with Gasteiger partial charge < -0.3 is 19.7 Å². The molecule has 4 saturated carbocycles. The van der Waals surface area contributed by atoms with E-state index in [4.69, 9.17) is 9.26 Å². The molecule has 1 amide bonds. The van der Waals surface area contributed by atoms with Gasteiger partial charge in [0.05, 0.1) is 12.0 Å². The van der Waals surface area contributed by atoms with Crippen molar-refractivity contribution in [3.63, 3.8) is 0 Å². The summed E-state index contributed by atoms with van der Waals surface area (Å²) in [6.45, 7) is 0.132. The van der Waals surface area contributed by atoms with Crippen LogP contribution in [0.2, 0.25) is 0 Å². The minimum Gasteiger partial charge on any atom is -0.481 e.